The number of fused-ring (bicyclic) bond motifs is 2. The van der Waals surface area contributed by atoms with Crippen LogP contribution in [-0.4, -0.2) is 237 Å². The fourth-order valence-corrected chi connectivity index (χ4v) is 13.1. The standard InChI is InChI=1S/C62H88Cl4N6O17S2/c1-71-43-55(53-39-49(63)41-59(65)57(53)45-71)47-5-3-7-51(37-47)90(75,76)69-13-19-81-17-11-67-61(73)9-15-79-21-23-83-25-27-85-29-31-87-33-35-89-36-34-88-32-30-86-28-26-84-24-22-80-16-10-62(74)68-12-18-82-20-14-70-91(77,78)52-8-4-6-48(38-52)56-44-72(2)46-58-54(56)40-50(64)42-60(58)66/h3-8,37-42,55-56,69-70H,9-36,43-46H2,1-2H3,(H,67,73)(H,68,74). The number of nitrogens with one attached hydrogen (secondary N) is 4. The summed E-state index contributed by atoms with van der Waals surface area (Å²) in [6.07, 6.45) is 0.360. The molecule has 0 aromatic heterocycles. The highest BCUT2D eigenvalue weighted by Crippen LogP contribution is 2.40. The molecule has 0 bridgehead atoms. The van der Waals surface area contributed by atoms with E-state index in [0.29, 0.717) is 152 Å². The van der Waals surface area contributed by atoms with Gasteiger partial charge in [0, 0.05) is 97.1 Å². The van der Waals surface area contributed by atoms with E-state index in [1.54, 1.807) is 48.5 Å². The van der Waals surface area contributed by atoms with Gasteiger partial charge in [0.05, 0.1) is 155 Å². The Bertz CT molecular complexity index is 2860. The number of ether oxygens (including phenoxy) is 11. The molecule has 23 nitrogen and oxygen atoms in total. The van der Waals surface area contributed by atoms with Gasteiger partial charge in [-0.15, -0.1) is 0 Å². The Morgan fingerprint density at radius 1 is 0.418 bits per heavy atom. The molecular weight excluding hydrogens is 1310 g/mol. The van der Waals surface area contributed by atoms with Gasteiger partial charge < -0.3 is 72.5 Å². The molecule has 29 heteroatoms. The molecular formula is C62H88Cl4N6O17S2. The predicted octanol–water partition coefficient (Wildman–Crippen LogP) is 5.91. The van der Waals surface area contributed by atoms with E-state index < -0.39 is 20.0 Å². The molecule has 6 rings (SSSR count). The van der Waals surface area contributed by atoms with Crippen molar-refractivity contribution in [3.8, 4) is 0 Å². The van der Waals surface area contributed by atoms with Crippen molar-refractivity contribution in [1.82, 2.24) is 29.9 Å². The average molecular weight is 1400 g/mol. The van der Waals surface area contributed by atoms with Crippen molar-refractivity contribution in [3.05, 3.63) is 126 Å². The molecule has 2 unspecified atom stereocenters. The Balaban J connectivity index is 0.613. The number of carbonyl (C=O) groups is 2. The highest BCUT2D eigenvalue weighted by Gasteiger charge is 2.30. The van der Waals surface area contributed by atoms with Gasteiger partial charge in [-0.1, -0.05) is 70.7 Å². The van der Waals surface area contributed by atoms with Gasteiger partial charge in [0.25, 0.3) is 0 Å². The minimum absolute atomic E-state index is 0.0657. The van der Waals surface area contributed by atoms with E-state index in [1.165, 1.54) is 0 Å². The van der Waals surface area contributed by atoms with Crippen LogP contribution in [0.1, 0.15) is 58.1 Å². The largest absolute Gasteiger partial charge is 0.379 e. The summed E-state index contributed by atoms with van der Waals surface area (Å²) in [7, 11) is -3.61. The van der Waals surface area contributed by atoms with Crippen molar-refractivity contribution >= 4 is 78.3 Å². The van der Waals surface area contributed by atoms with Gasteiger partial charge in [-0.25, -0.2) is 26.3 Å². The summed E-state index contributed by atoms with van der Waals surface area (Å²) in [5.74, 6) is -0.567. The van der Waals surface area contributed by atoms with E-state index >= 15 is 0 Å². The van der Waals surface area contributed by atoms with Crippen molar-refractivity contribution in [3.63, 3.8) is 0 Å². The quantitative estimate of drug-likeness (QED) is 0.0375. The van der Waals surface area contributed by atoms with Crippen LogP contribution in [-0.2, 0) is 94.8 Å². The summed E-state index contributed by atoms with van der Waals surface area (Å²) < 4.78 is 118. The van der Waals surface area contributed by atoms with Gasteiger partial charge >= 0.3 is 0 Å². The van der Waals surface area contributed by atoms with Crippen molar-refractivity contribution in [2.45, 2.75) is 47.6 Å². The molecule has 2 heterocycles. The lowest BCUT2D eigenvalue weighted by molar-refractivity contribution is -0.123. The second-order valence-electron chi connectivity index (χ2n) is 21.3. The first-order valence-electron chi connectivity index (χ1n) is 30.4. The van der Waals surface area contributed by atoms with E-state index in [4.69, 9.17) is 98.5 Å². The first kappa shape index (κ1) is 76.3. The van der Waals surface area contributed by atoms with E-state index in [1.807, 2.05) is 38.4 Å². The lowest BCUT2D eigenvalue weighted by Crippen LogP contribution is -2.32. The van der Waals surface area contributed by atoms with Gasteiger partial charge in [0.1, 0.15) is 0 Å². The van der Waals surface area contributed by atoms with Crippen LogP contribution in [0.4, 0.5) is 0 Å². The number of hydrogen-bond donors (Lipinski definition) is 4. The van der Waals surface area contributed by atoms with Crippen LogP contribution in [0.3, 0.4) is 0 Å². The summed E-state index contributed by atoms with van der Waals surface area (Å²) in [6.45, 7) is 11.0. The maximum Gasteiger partial charge on any atom is 0.240 e. The zero-order valence-electron chi connectivity index (χ0n) is 51.9. The molecule has 0 aliphatic carbocycles. The number of nitrogens with zero attached hydrogens (tertiary/aromatic N) is 2. The summed E-state index contributed by atoms with van der Waals surface area (Å²) >= 11 is 25.7. The maximum atomic E-state index is 13.1. The highest BCUT2D eigenvalue weighted by atomic mass is 35.5. The van der Waals surface area contributed by atoms with Crippen molar-refractivity contribution < 1.29 is 78.5 Å². The van der Waals surface area contributed by atoms with Crippen LogP contribution in [0.25, 0.3) is 0 Å². The van der Waals surface area contributed by atoms with Crippen LogP contribution in [0, 0.1) is 0 Å². The normalized spacial score (nSPS) is 15.4. The Labute approximate surface area is 555 Å². The van der Waals surface area contributed by atoms with Gasteiger partial charge in [-0.05, 0) is 96.0 Å². The highest BCUT2D eigenvalue weighted by molar-refractivity contribution is 7.89. The first-order chi connectivity index (χ1) is 44.0. The predicted molar refractivity (Wildman–Crippen MR) is 347 cm³/mol. The van der Waals surface area contributed by atoms with Crippen molar-refractivity contribution in [1.29, 1.82) is 0 Å². The number of amides is 2. The minimum Gasteiger partial charge on any atom is -0.379 e. The Morgan fingerprint density at radius 2 is 0.714 bits per heavy atom. The lowest BCUT2D eigenvalue weighted by atomic mass is 9.85. The van der Waals surface area contributed by atoms with Crippen LogP contribution in [0.2, 0.25) is 20.1 Å². The molecule has 91 heavy (non-hydrogen) atoms. The Morgan fingerprint density at radius 3 is 1.04 bits per heavy atom. The number of hydrogen-bond acceptors (Lipinski definition) is 19. The zero-order chi connectivity index (χ0) is 65.1. The number of carbonyl (C=O) groups excluding carboxylic acids is 2. The minimum atomic E-state index is -3.80. The van der Waals surface area contributed by atoms with Crippen LogP contribution >= 0.6 is 46.4 Å². The molecule has 2 aliphatic heterocycles. The molecule has 0 radical (unpaired) electrons. The van der Waals surface area contributed by atoms with E-state index in [9.17, 15) is 26.4 Å². The van der Waals surface area contributed by atoms with E-state index in [0.717, 1.165) is 33.4 Å². The number of rotatable bonds is 48. The molecule has 2 amide bonds. The Kier molecular flexibility index (Phi) is 35.8. The molecule has 508 valence electrons. The number of sulfonamides is 2. The third kappa shape index (κ3) is 28.6. The summed E-state index contributed by atoms with van der Waals surface area (Å²) in [5, 5.41) is 7.78. The molecule has 0 spiro atoms. The second-order valence-corrected chi connectivity index (χ2v) is 26.5. The monoisotopic (exact) mass is 1390 g/mol. The zero-order valence-corrected chi connectivity index (χ0v) is 56.5. The topological polar surface area (TPSA) is 259 Å². The molecule has 2 aliphatic rings. The fraction of sp³-hybridized carbons (Fsp3) is 0.581. The van der Waals surface area contributed by atoms with Gasteiger partial charge in [-0.3, -0.25) is 9.59 Å². The molecule has 0 saturated carbocycles. The third-order valence-electron chi connectivity index (χ3n) is 14.3. The summed E-state index contributed by atoms with van der Waals surface area (Å²) in [4.78, 5) is 29.0. The van der Waals surface area contributed by atoms with Crippen molar-refractivity contribution in [2.75, 3.05) is 199 Å². The van der Waals surface area contributed by atoms with Crippen molar-refractivity contribution in [2.24, 2.45) is 0 Å². The van der Waals surface area contributed by atoms with Gasteiger partial charge in [0.15, 0.2) is 0 Å². The SMILES string of the molecule is CN1Cc2c(Cl)cc(Cl)cc2C(c2cccc(S(=O)(=O)NCCOCCNC(=O)CCOCCOCCOCCOCCOCCOCCOCCOCCOCCC(=O)NCCOCCNS(=O)(=O)c3cccc(C4CN(C)Cc5c(Cl)cc(Cl)cc54)c3)c2)C1. The Hall–Kier alpha value is -3.72. The number of halogens is 4. The van der Waals surface area contributed by atoms with Crippen LogP contribution in [0.5, 0.6) is 0 Å². The molecule has 0 fully saturated rings. The summed E-state index contributed by atoms with van der Waals surface area (Å²) in [6, 6.07) is 21.1. The summed E-state index contributed by atoms with van der Waals surface area (Å²) in [5.41, 5.74) is 5.66. The second kappa shape index (κ2) is 42.7. The number of benzene rings is 4. The smallest absolute Gasteiger partial charge is 0.240 e. The molecule has 2 atom stereocenters. The van der Waals surface area contributed by atoms with Crippen LogP contribution < -0.4 is 20.1 Å². The first-order valence-corrected chi connectivity index (χ1v) is 34.9. The molecule has 4 aromatic rings. The molecule has 4 aromatic carbocycles. The van der Waals surface area contributed by atoms with Gasteiger partial charge in [0.2, 0.25) is 31.9 Å². The third-order valence-corrected chi connectivity index (χ3v) is 18.3. The van der Waals surface area contributed by atoms with Gasteiger partial charge in [-0.2, -0.15) is 0 Å². The fourth-order valence-electron chi connectivity index (χ4n) is 9.82. The number of likely N-dealkylation sites (N-methyl/N-ethyl adjacent to an activating group) is 2. The molecule has 4 N–H and O–H groups in total. The van der Waals surface area contributed by atoms with E-state index in [-0.39, 0.29) is 112 Å². The lowest BCUT2D eigenvalue weighted by Gasteiger charge is -2.33. The van der Waals surface area contributed by atoms with Crippen LogP contribution in [0.15, 0.2) is 82.6 Å². The maximum absolute atomic E-state index is 13.1. The average Bonchev–Trinajstić information content (AvgIpc) is 0.811. The van der Waals surface area contributed by atoms with E-state index in [2.05, 4.69) is 29.9 Å². The molecule has 0 saturated heterocycles.